The van der Waals surface area contributed by atoms with Gasteiger partial charge in [-0.15, -0.1) is 0 Å². The van der Waals surface area contributed by atoms with Crippen LogP contribution < -0.4 is 9.96 Å². The highest BCUT2D eigenvalue weighted by Crippen LogP contribution is 2.48. The van der Waals surface area contributed by atoms with Gasteiger partial charge in [-0.1, -0.05) is 52.3 Å². The van der Waals surface area contributed by atoms with E-state index >= 15 is 0 Å². The second kappa shape index (κ2) is 8.00. The van der Waals surface area contributed by atoms with Gasteiger partial charge in [-0.2, -0.15) is 13.2 Å². The van der Waals surface area contributed by atoms with E-state index in [0.717, 1.165) is 27.1 Å². The summed E-state index contributed by atoms with van der Waals surface area (Å²) in [6.45, 7) is 0. The third-order valence-corrected chi connectivity index (χ3v) is 6.30. The normalized spacial score (nSPS) is 22.7. The van der Waals surface area contributed by atoms with Crippen LogP contribution >= 0.6 is 15.9 Å². The van der Waals surface area contributed by atoms with Crippen molar-refractivity contribution >= 4 is 39.1 Å². The zero-order valence-corrected chi connectivity index (χ0v) is 18.5. The summed E-state index contributed by atoms with van der Waals surface area (Å²) in [5.74, 6) is -2.21. The quantitative estimate of drug-likeness (QED) is 0.430. The van der Waals surface area contributed by atoms with Crippen LogP contribution in [0.25, 0.3) is 0 Å². The summed E-state index contributed by atoms with van der Waals surface area (Å²) < 4.78 is 40.5. The molecule has 3 aromatic rings. The van der Waals surface area contributed by atoms with Crippen molar-refractivity contribution in [3.8, 4) is 0 Å². The summed E-state index contributed by atoms with van der Waals surface area (Å²) in [7, 11) is 0. The molecule has 0 spiro atoms. The fourth-order valence-corrected chi connectivity index (χ4v) is 4.55. The number of rotatable bonds is 3. The summed E-state index contributed by atoms with van der Waals surface area (Å²) in [5.41, 5.74) is 0.334. The zero-order valence-electron chi connectivity index (χ0n) is 16.9. The number of imide groups is 1. The van der Waals surface area contributed by atoms with Crippen molar-refractivity contribution < 1.29 is 27.6 Å². The van der Waals surface area contributed by atoms with E-state index in [1.54, 1.807) is 12.1 Å². The van der Waals surface area contributed by atoms with Gasteiger partial charge in [0.25, 0.3) is 5.91 Å². The first-order chi connectivity index (χ1) is 15.8. The van der Waals surface area contributed by atoms with Crippen molar-refractivity contribution in [2.75, 3.05) is 9.96 Å². The van der Waals surface area contributed by atoms with Crippen molar-refractivity contribution in [1.29, 1.82) is 0 Å². The molecule has 0 aliphatic carbocycles. The molecule has 2 heterocycles. The fraction of sp³-hybridized carbons (Fsp3) is 0.167. The van der Waals surface area contributed by atoms with Gasteiger partial charge in [0, 0.05) is 4.47 Å². The van der Waals surface area contributed by atoms with E-state index in [4.69, 9.17) is 4.84 Å². The summed E-state index contributed by atoms with van der Waals surface area (Å²) in [5, 5.41) is 1.54. The third kappa shape index (κ3) is 3.71. The molecule has 9 heteroatoms. The molecule has 0 N–H and O–H groups in total. The Balaban J connectivity index is 1.57. The van der Waals surface area contributed by atoms with Gasteiger partial charge in [0.15, 0.2) is 6.10 Å². The predicted molar refractivity (Wildman–Crippen MR) is 118 cm³/mol. The van der Waals surface area contributed by atoms with Crippen molar-refractivity contribution in [3.63, 3.8) is 0 Å². The lowest BCUT2D eigenvalue weighted by Gasteiger charge is -2.29. The van der Waals surface area contributed by atoms with Gasteiger partial charge < -0.3 is 0 Å². The Morgan fingerprint density at radius 3 is 2.15 bits per heavy atom. The van der Waals surface area contributed by atoms with E-state index in [2.05, 4.69) is 15.9 Å². The monoisotopic (exact) mass is 516 g/mol. The molecule has 0 bridgehead atoms. The first kappa shape index (κ1) is 21.7. The molecule has 0 aromatic heterocycles. The highest BCUT2D eigenvalue weighted by Gasteiger charge is 2.60. The second-order valence-electron chi connectivity index (χ2n) is 7.77. The van der Waals surface area contributed by atoms with Crippen LogP contribution in [0.2, 0.25) is 0 Å². The standard InChI is InChI=1S/C24H16BrF3N2O3/c25-16-11-9-14(10-12-16)20-19-21(33-30(20)17-6-2-1-3-7-17)23(32)29(22(19)31)18-8-4-5-15(13-18)24(26,27)28/h1-13,19-21H/t19-,20+,21-/m1/s1. The van der Waals surface area contributed by atoms with Crippen LogP contribution in [0.4, 0.5) is 24.5 Å². The summed E-state index contributed by atoms with van der Waals surface area (Å²) in [4.78, 5) is 33.5. The average Bonchev–Trinajstić information content (AvgIpc) is 3.30. The topological polar surface area (TPSA) is 49.9 Å². The fourth-order valence-electron chi connectivity index (χ4n) is 4.29. The Labute approximate surface area is 195 Å². The summed E-state index contributed by atoms with van der Waals surface area (Å²) in [6, 6.07) is 19.9. The number of anilines is 2. The van der Waals surface area contributed by atoms with Gasteiger partial charge in [0.05, 0.1) is 23.0 Å². The first-order valence-corrected chi connectivity index (χ1v) is 10.9. The van der Waals surface area contributed by atoms with Crippen molar-refractivity contribution in [2.45, 2.75) is 18.3 Å². The predicted octanol–water partition coefficient (Wildman–Crippen LogP) is 5.52. The molecule has 168 valence electrons. The lowest BCUT2D eigenvalue weighted by Crippen LogP contribution is -2.37. The molecular weight excluding hydrogens is 501 g/mol. The second-order valence-corrected chi connectivity index (χ2v) is 8.69. The summed E-state index contributed by atoms with van der Waals surface area (Å²) >= 11 is 3.39. The van der Waals surface area contributed by atoms with Gasteiger partial charge in [-0.3, -0.25) is 14.4 Å². The van der Waals surface area contributed by atoms with Crippen LogP contribution in [-0.4, -0.2) is 17.9 Å². The van der Waals surface area contributed by atoms with Crippen molar-refractivity contribution in [1.82, 2.24) is 0 Å². The Bertz CT molecular complexity index is 1220. The molecule has 5 nitrogen and oxygen atoms in total. The van der Waals surface area contributed by atoms with Crippen LogP contribution in [0.3, 0.4) is 0 Å². The number of carbonyl (C=O) groups excluding carboxylic acids is 2. The third-order valence-electron chi connectivity index (χ3n) is 5.77. The highest BCUT2D eigenvalue weighted by atomic mass is 79.9. The molecule has 0 radical (unpaired) electrons. The zero-order chi connectivity index (χ0) is 23.3. The Hall–Kier alpha value is -3.17. The number of para-hydroxylation sites is 1. The van der Waals surface area contributed by atoms with Gasteiger partial charge in [0.2, 0.25) is 5.91 Å². The van der Waals surface area contributed by atoms with Gasteiger partial charge in [0.1, 0.15) is 5.92 Å². The van der Waals surface area contributed by atoms with Crippen LogP contribution in [0.1, 0.15) is 17.2 Å². The molecule has 33 heavy (non-hydrogen) atoms. The molecule has 2 saturated heterocycles. The number of alkyl halides is 3. The number of hydrogen-bond donors (Lipinski definition) is 0. The minimum Gasteiger partial charge on any atom is -0.273 e. The molecule has 2 aliphatic rings. The van der Waals surface area contributed by atoms with Crippen molar-refractivity contribution in [2.24, 2.45) is 5.92 Å². The number of hydrogen-bond acceptors (Lipinski definition) is 4. The molecule has 0 unspecified atom stereocenters. The molecule has 3 aromatic carbocycles. The number of hydroxylamine groups is 1. The molecule has 0 saturated carbocycles. The SMILES string of the molecule is O=C1[C@H]2[C@@H](ON(c3ccccc3)[C@H]2c2ccc(Br)cc2)C(=O)N1c1cccc(C(F)(F)F)c1. The lowest BCUT2D eigenvalue weighted by atomic mass is 9.90. The van der Waals surface area contributed by atoms with Crippen molar-refractivity contribution in [3.05, 3.63) is 94.5 Å². The molecule has 5 rings (SSSR count). The first-order valence-electron chi connectivity index (χ1n) is 10.1. The minimum absolute atomic E-state index is 0.126. The van der Waals surface area contributed by atoms with Crippen LogP contribution in [0.15, 0.2) is 83.3 Å². The maximum atomic E-state index is 13.5. The van der Waals surface area contributed by atoms with Crippen LogP contribution in [0.5, 0.6) is 0 Å². The van der Waals surface area contributed by atoms with Gasteiger partial charge in [-0.05, 0) is 48.0 Å². The Kier molecular flexibility index (Phi) is 5.25. The molecule has 2 fully saturated rings. The smallest absolute Gasteiger partial charge is 0.273 e. The highest BCUT2D eigenvalue weighted by molar-refractivity contribution is 9.10. The van der Waals surface area contributed by atoms with Gasteiger partial charge >= 0.3 is 6.18 Å². The van der Waals surface area contributed by atoms with Gasteiger partial charge in [-0.25, -0.2) is 9.96 Å². The maximum absolute atomic E-state index is 13.5. The molecule has 2 aliphatic heterocycles. The summed E-state index contributed by atoms with van der Waals surface area (Å²) in [6.07, 6.45) is -5.75. The number of carbonyl (C=O) groups is 2. The number of nitrogens with zero attached hydrogens (tertiary/aromatic N) is 2. The maximum Gasteiger partial charge on any atom is 0.416 e. The molecule has 3 atom stereocenters. The lowest BCUT2D eigenvalue weighted by molar-refractivity contribution is -0.137. The van der Waals surface area contributed by atoms with E-state index in [1.165, 1.54) is 17.2 Å². The van der Waals surface area contributed by atoms with E-state index < -0.39 is 41.6 Å². The number of benzene rings is 3. The van der Waals surface area contributed by atoms with E-state index in [0.29, 0.717) is 5.69 Å². The number of halogens is 4. The minimum atomic E-state index is -4.60. The Morgan fingerprint density at radius 1 is 0.818 bits per heavy atom. The number of fused-ring (bicyclic) bond motifs is 1. The molecular formula is C24H16BrF3N2O3. The van der Waals surface area contributed by atoms with E-state index in [9.17, 15) is 22.8 Å². The largest absolute Gasteiger partial charge is 0.416 e. The van der Waals surface area contributed by atoms with E-state index in [1.807, 2.05) is 42.5 Å². The van der Waals surface area contributed by atoms with Crippen LogP contribution in [-0.2, 0) is 20.6 Å². The molecule has 2 amide bonds. The average molecular weight is 517 g/mol. The van der Waals surface area contributed by atoms with Crippen LogP contribution in [0, 0.1) is 5.92 Å². The van der Waals surface area contributed by atoms with E-state index in [-0.39, 0.29) is 5.69 Å². The Morgan fingerprint density at radius 2 is 1.48 bits per heavy atom. The number of amides is 2.